The maximum absolute atomic E-state index is 14.5. The molecule has 432 valence electrons. The quantitative estimate of drug-likeness (QED) is 0.0368. The van der Waals surface area contributed by atoms with Gasteiger partial charge >= 0.3 is 452 Å². The van der Waals surface area contributed by atoms with Gasteiger partial charge in [-0.2, -0.15) is 0 Å². The zero-order valence-electron chi connectivity index (χ0n) is 45.8. The molecule has 10 rings (SSSR count). The molecule has 0 spiro atoms. The van der Waals surface area contributed by atoms with Crippen molar-refractivity contribution in [1.82, 2.24) is 18.3 Å². The van der Waals surface area contributed by atoms with Crippen molar-refractivity contribution in [3.05, 3.63) is 268 Å². The summed E-state index contributed by atoms with van der Waals surface area (Å²) in [4.78, 5) is 109. The fraction of sp³-hybridized carbons (Fsp3) is 0.242. The number of esters is 1. The van der Waals surface area contributed by atoms with Crippen molar-refractivity contribution in [1.29, 1.82) is 0 Å². The molecule has 6 aromatic carbocycles. The number of methoxy groups -OCH3 is 2. The van der Waals surface area contributed by atoms with Crippen LogP contribution in [0.2, 0.25) is 0 Å². The summed E-state index contributed by atoms with van der Waals surface area (Å²) in [7, 11) is 3.12. The van der Waals surface area contributed by atoms with E-state index < -0.39 is 95.6 Å². The molecule has 2 saturated heterocycles. The molecule has 7 atom stereocenters. The average molecular weight is 1220 g/mol. The zero-order chi connectivity index (χ0) is 59.3. The van der Waals surface area contributed by atoms with Crippen molar-refractivity contribution in [2.45, 2.75) is 69.2 Å². The van der Waals surface area contributed by atoms with Crippen molar-refractivity contribution in [3.63, 3.8) is 0 Å². The van der Waals surface area contributed by atoms with Gasteiger partial charge in [0.05, 0.1) is 14.2 Å². The number of benzene rings is 6. The van der Waals surface area contributed by atoms with Crippen molar-refractivity contribution < 1.29 is 56.7 Å². The van der Waals surface area contributed by atoms with Gasteiger partial charge in [0, 0.05) is 0 Å². The normalized spacial score (nSPS) is 19.3. The van der Waals surface area contributed by atoms with Gasteiger partial charge in [0.2, 0.25) is 0 Å². The maximum atomic E-state index is 14.5. The Bertz CT molecular complexity index is 3940. The summed E-state index contributed by atoms with van der Waals surface area (Å²) in [6, 6.07) is 48.0. The fourth-order valence-electron chi connectivity index (χ4n) is 10.3. The number of carbonyl (C=O) groups excluding carboxylic acids is 3. The summed E-state index contributed by atoms with van der Waals surface area (Å²) in [5, 5.41) is 0. The first-order valence-electron chi connectivity index (χ1n) is 26.6. The molecule has 0 radical (unpaired) electrons. The second kappa shape index (κ2) is 25.3. The van der Waals surface area contributed by atoms with Crippen LogP contribution in [0.4, 0.5) is 0 Å². The number of hydrogen-bond acceptors (Lipinski definition) is 16. The summed E-state index contributed by atoms with van der Waals surface area (Å²) in [6.45, 7) is 2.09. The summed E-state index contributed by atoms with van der Waals surface area (Å²) < 4.78 is 53.5. The Hall–Kier alpha value is -8.20. The molecule has 2 aromatic heterocycles. The second-order valence-corrected chi connectivity index (χ2v) is 24.2. The monoisotopic (exact) mass is 1220 g/mol. The second-order valence-electron chi connectivity index (χ2n) is 19.9. The molecule has 0 amide bonds. The fourth-order valence-corrected chi connectivity index (χ4v) is 12.3. The summed E-state index contributed by atoms with van der Waals surface area (Å²) in [6.07, 6.45) is -9.14. The van der Waals surface area contributed by atoms with Gasteiger partial charge < -0.3 is 0 Å². The van der Waals surface area contributed by atoms with E-state index in [0.29, 0.717) is 37.3 Å². The first kappa shape index (κ1) is 59.0. The molecule has 2 aliphatic rings. The van der Waals surface area contributed by atoms with Crippen LogP contribution in [-0.4, -0.2) is 108 Å². The van der Waals surface area contributed by atoms with Gasteiger partial charge in [-0.3, -0.25) is 0 Å². The Morgan fingerprint density at radius 3 is 1.39 bits per heavy atom. The molecule has 2 aliphatic heterocycles. The standard InChI is InChI=1S/C62H57N4O16PSe/c1-39-35-63(60(72)65(55(39)67)57(69)41-17-9-5-10-18-41)53-33-49(81-59(71)43-21-13-7-14-22-43)52(80-53)38-78-83(74,84)82-50-34-54(64-36-40(2)56(68)66(61(64)73)58(70)42-19-11-6-12-20-42)79-51(50)37-77-62(44-23-15-8-16-24-44,45-25-29-47(75-3)30-26-45)46-27-31-48(76-4)32-28-46/h5-32,35-36,49-54H,33-34,37-38H2,1-4H3,(H,74,84)/t49-,50-,51+,52+,53+,54+,83?/m0/s1. The Kier molecular flexibility index (Phi) is 17.8. The van der Waals surface area contributed by atoms with Crippen molar-refractivity contribution in [3.8, 4) is 11.5 Å². The Balaban J connectivity index is 0.995. The molecule has 0 aliphatic carbocycles. The first-order chi connectivity index (χ1) is 40.5. The summed E-state index contributed by atoms with van der Waals surface area (Å²) in [5.41, 5.74) is -2.51. The van der Waals surface area contributed by atoms with Crippen LogP contribution in [-0.2, 0) is 33.6 Å². The van der Waals surface area contributed by atoms with E-state index in [1.807, 2.05) is 54.6 Å². The van der Waals surface area contributed by atoms with Gasteiger partial charge in [0.15, 0.2) is 0 Å². The third-order valence-electron chi connectivity index (χ3n) is 14.6. The van der Waals surface area contributed by atoms with Crippen LogP contribution in [0, 0.1) is 13.8 Å². The van der Waals surface area contributed by atoms with E-state index >= 15 is 0 Å². The number of nitrogens with zero attached hydrogens (tertiary/aromatic N) is 4. The molecule has 84 heavy (non-hydrogen) atoms. The minimum absolute atomic E-state index is 0.0421. The van der Waals surface area contributed by atoms with E-state index in [0.717, 1.165) is 9.13 Å². The minimum atomic E-state index is -4.20. The van der Waals surface area contributed by atoms with E-state index in [4.69, 9.17) is 37.5 Å². The number of rotatable bonds is 19. The average Bonchev–Trinajstić information content (AvgIpc) is 3.52. The van der Waals surface area contributed by atoms with E-state index in [9.17, 15) is 38.5 Å². The van der Waals surface area contributed by atoms with E-state index in [2.05, 4.69) is 15.1 Å². The van der Waals surface area contributed by atoms with Crippen molar-refractivity contribution >= 4 is 39.1 Å². The Morgan fingerprint density at radius 2 is 0.952 bits per heavy atom. The first-order valence-corrected chi connectivity index (χ1v) is 30.4. The molecular weight excluding hydrogens is 1170 g/mol. The number of carbonyl (C=O) groups is 3. The topological polar surface area (TPSA) is 233 Å². The Labute approximate surface area is 488 Å². The number of aromatic nitrogens is 4. The molecule has 2 fully saturated rings. The van der Waals surface area contributed by atoms with E-state index in [1.165, 1.54) is 50.5 Å². The molecule has 0 bridgehead atoms. The number of aryl methyl sites for hydroxylation is 2. The van der Waals surface area contributed by atoms with Crippen molar-refractivity contribution in [2.24, 2.45) is 0 Å². The zero-order valence-corrected chi connectivity index (χ0v) is 48.4. The van der Waals surface area contributed by atoms with Gasteiger partial charge in [-0.05, 0) is 0 Å². The number of hydrogen-bond donors (Lipinski definition) is 1. The predicted molar refractivity (Wildman–Crippen MR) is 308 cm³/mol. The molecule has 8 aromatic rings. The molecule has 20 nitrogen and oxygen atoms in total. The van der Waals surface area contributed by atoms with Crippen LogP contribution in [0.1, 0.15) is 84.2 Å². The predicted octanol–water partition coefficient (Wildman–Crippen LogP) is 7.09. The Morgan fingerprint density at radius 1 is 0.560 bits per heavy atom. The van der Waals surface area contributed by atoms with Crippen LogP contribution in [0.5, 0.6) is 11.5 Å². The van der Waals surface area contributed by atoms with Crippen LogP contribution in [0.25, 0.3) is 0 Å². The summed E-state index contributed by atoms with van der Waals surface area (Å²) >= 11 is 2.65. The van der Waals surface area contributed by atoms with Crippen molar-refractivity contribution in [2.75, 3.05) is 27.4 Å². The third-order valence-corrected chi connectivity index (χ3v) is 16.8. The van der Waals surface area contributed by atoms with E-state index in [-0.39, 0.29) is 47.3 Å². The molecule has 4 heterocycles. The molecule has 0 saturated carbocycles. The summed E-state index contributed by atoms with van der Waals surface area (Å²) in [5.74, 6) is -1.28. The van der Waals surface area contributed by atoms with E-state index in [1.54, 1.807) is 105 Å². The molecule has 22 heteroatoms. The molecular formula is C62H57N4O16PSe. The molecule has 1 unspecified atom stereocenters. The third kappa shape index (κ3) is 12.2. The number of ether oxygens (including phenoxy) is 6. The van der Waals surface area contributed by atoms with Gasteiger partial charge in [-0.25, -0.2) is 0 Å². The van der Waals surface area contributed by atoms with Crippen LogP contribution >= 0.6 is 6.19 Å². The molecule has 1 N–H and O–H groups in total. The van der Waals surface area contributed by atoms with Gasteiger partial charge in [0.25, 0.3) is 0 Å². The van der Waals surface area contributed by atoms with Crippen LogP contribution in [0.3, 0.4) is 0 Å². The SMILES string of the molecule is COc1ccc(C(OC[C@H]2O[C@@H](n3cc(C)c(=O)n(C(=O)c4ccccc4)c3=O)C[C@@H]2OP(O)(=[Se])OC[C@H]2O[C@@H](n3cc(C)c(=O)n(C(=O)c4ccccc4)c3=O)C[C@@H]2OC(=O)c2ccccc2)(c2ccccc2)c2ccc(OC)cc2)cc1. The van der Waals surface area contributed by atoms with Gasteiger partial charge in [-0.15, -0.1) is 0 Å². The van der Waals surface area contributed by atoms with Crippen LogP contribution < -0.4 is 32.0 Å². The van der Waals surface area contributed by atoms with Gasteiger partial charge in [0.1, 0.15) is 0 Å². The van der Waals surface area contributed by atoms with Gasteiger partial charge in [-0.1, -0.05) is 24.3 Å². The van der Waals surface area contributed by atoms with Crippen LogP contribution in [0.15, 0.2) is 201 Å².